The van der Waals surface area contributed by atoms with Gasteiger partial charge < -0.3 is 9.88 Å². The van der Waals surface area contributed by atoms with Gasteiger partial charge in [0.15, 0.2) is 0 Å². The SMILES string of the molecule is O=C(c1ccncc1)N1CCC[C@@H](c2ccnc(=O)[nH]2)C1. The molecule has 1 aliphatic rings. The van der Waals surface area contributed by atoms with Crippen LogP contribution in [-0.4, -0.2) is 38.8 Å². The first-order valence-electron chi connectivity index (χ1n) is 6.98. The number of nitrogens with one attached hydrogen (secondary N) is 1. The number of amides is 1. The number of aromatic amines is 1. The smallest absolute Gasteiger partial charge is 0.338 e. The molecule has 6 nitrogen and oxygen atoms in total. The van der Waals surface area contributed by atoms with Gasteiger partial charge in [-0.15, -0.1) is 0 Å². The molecule has 3 rings (SSSR count). The molecule has 0 unspecified atom stereocenters. The van der Waals surface area contributed by atoms with Gasteiger partial charge in [0, 0.05) is 48.9 Å². The summed E-state index contributed by atoms with van der Waals surface area (Å²) >= 11 is 0. The van der Waals surface area contributed by atoms with E-state index >= 15 is 0 Å². The van der Waals surface area contributed by atoms with Crippen LogP contribution >= 0.6 is 0 Å². The van der Waals surface area contributed by atoms with E-state index in [1.165, 1.54) is 6.20 Å². The van der Waals surface area contributed by atoms with Crippen molar-refractivity contribution < 1.29 is 4.79 Å². The van der Waals surface area contributed by atoms with Crippen LogP contribution in [0, 0.1) is 0 Å². The predicted octanol–water partition coefficient (Wildman–Crippen LogP) is 1.18. The second-order valence-corrected chi connectivity index (χ2v) is 5.16. The van der Waals surface area contributed by atoms with Crippen LogP contribution in [0.1, 0.15) is 34.8 Å². The normalized spacial score (nSPS) is 18.5. The van der Waals surface area contributed by atoms with E-state index in [4.69, 9.17) is 0 Å². The number of aromatic nitrogens is 3. The zero-order chi connectivity index (χ0) is 14.7. The Morgan fingerprint density at radius 2 is 2.05 bits per heavy atom. The van der Waals surface area contributed by atoms with Crippen molar-refractivity contribution in [1.82, 2.24) is 19.9 Å². The molecule has 6 heteroatoms. The Kier molecular flexibility index (Phi) is 3.77. The monoisotopic (exact) mass is 284 g/mol. The molecule has 1 saturated heterocycles. The van der Waals surface area contributed by atoms with Crippen molar-refractivity contribution in [2.24, 2.45) is 0 Å². The molecule has 21 heavy (non-hydrogen) atoms. The summed E-state index contributed by atoms with van der Waals surface area (Å²) in [5.74, 6) is 0.166. The van der Waals surface area contributed by atoms with Gasteiger partial charge in [-0.2, -0.15) is 0 Å². The van der Waals surface area contributed by atoms with E-state index in [0.717, 1.165) is 25.1 Å². The molecule has 0 bridgehead atoms. The lowest BCUT2D eigenvalue weighted by Gasteiger charge is -2.32. The first-order chi connectivity index (χ1) is 10.2. The Bertz CT molecular complexity index is 683. The molecular formula is C15H16N4O2. The van der Waals surface area contributed by atoms with Gasteiger partial charge in [-0.3, -0.25) is 9.78 Å². The zero-order valence-corrected chi connectivity index (χ0v) is 11.5. The van der Waals surface area contributed by atoms with Crippen LogP contribution < -0.4 is 5.69 Å². The van der Waals surface area contributed by atoms with Gasteiger partial charge in [-0.1, -0.05) is 0 Å². The molecule has 2 aromatic rings. The van der Waals surface area contributed by atoms with Crippen molar-refractivity contribution in [3.63, 3.8) is 0 Å². The maximum Gasteiger partial charge on any atom is 0.345 e. The fourth-order valence-electron chi connectivity index (χ4n) is 2.71. The topological polar surface area (TPSA) is 79.0 Å². The van der Waals surface area contributed by atoms with Crippen LogP contribution in [0.15, 0.2) is 41.6 Å². The summed E-state index contributed by atoms with van der Waals surface area (Å²) in [4.78, 5) is 35.9. The first-order valence-corrected chi connectivity index (χ1v) is 6.98. The summed E-state index contributed by atoms with van der Waals surface area (Å²) in [6.45, 7) is 1.36. The molecule has 0 saturated carbocycles. The summed E-state index contributed by atoms with van der Waals surface area (Å²) in [5.41, 5.74) is 1.15. The van der Waals surface area contributed by atoms with E-state index in [9.17, 15) is 9.59 Å². The molecular weight excluding hydrogens is 268 g/mol. The van der Waals surface area contributed by atoms with Gasteiger partial charge in [-0.05, 0) is 31.0 Å². The predicted molar refractivity (Wildman–Crippen MR) is 77.0 cm³/mol. The highest BCUT2D eigenvalue weighted by Crippen LogP contribution is 2.25. The summed E-state index contributed by atoms with van der Waals surface area (Å²) < 4.78 is 0. The molecule has 1 N–H and O–H groups in total. The van der Waals surface area contributed by atoms with E-state index in [1.807, 2.05) is 11.0 Å². The lowest BCUT2D eigenvalue weighted by Crippen LogP contribution is -2.39. The van der Waals surface area contributed by atoms with Crippen LogP contribution in [0.4, 0.5) is 0 Å². The maximum atomic E-state index is 12.5. The van der Waals surface area contributed by atoms with Crippen molar-refractivity contribution in [2.45, 2.75) is 18.8 Å². The second kappa shape index (κ2) is 5.87. The third-order valence-corrected chi connectivity index (χ3v) is 3.77. The number of likely N-dealkylation sites (tertiary alicyclic amines) is 1. The molecule has 1 fully saturated rings. The minimum absolute atomic E-state index is 0.0125. The lowest BCUT2D eigenvalue weighted by atomic mass is 9.94. The van der Waals surface area contributed by atoms with Gasteiger partial charge in [0.2, 0.25) is 0 Å². The molecule has 2 aromatic heterocycles. The molecule has 1 amide bonds. The summed E-state index contributed by atoms with van der Waals surface area (Å²) in [5, 5.41) is 0. The highest BCUT2D eigenvalue weighted by atomic mass is 16.2. The van der Waals surface area contributed by atoms with Crippen molar-refractivity contribution in [2.75, 3.05) is 13.1 Å². The fourth-order valence-corrected chi connectivity index (χ4v) is 2.71. The van der Waals surface area contributed by atoms with Crippen LogP contribution in [0.5, 0.6) is 0 Å². The number of carbonyl (C=O) groups excluding carboxylic acids is 1. The Morgan fingerprint density at radius 3 is 2.81 bits per heavy atom. The van der Waals surface area contributed by atoms with Crippen LogP contribution in [0.2, 0.25) is 0 Å². The Balaban J connectivity index is 1.77. The van der Waals surface area contributed by atoms with E-state index < -0.39 is 0 Å². The van der Waals surface area contributed by atoms with E-state index in [0.29, 0.717) is 12.1 Å². The second-order valence-electron chi connectivity index (χ2n) is 5.16. The van der Waals surface area contributed by atoms with Crippen molar-refractivity contribution in [3.8, 4) is 0 Å². The highest BCUT2D eigenvalue weighted by molar-refractivity contribution is 5.94. The zero-order valence-electron chi connectivity index (χ0n) is 11.5. The number of hydrogen-bond acceptors (Lipinski definition) is 4. The third kappa shape index (κ3) is 2.99. The number of piperidine rings is 1. The van der Waals surface area contributed by atoms with Crippen LogP contribution in [-0.2, 0) is 0 Å². The largest absolute Gasteiger partial charge is 0.345 e. The number of carbonyl (C=O) groups is 1. The molecule has 0 aliphatic carbocycles. The highest BCUT2D eigenvalue weighted by Gasteiger charge is 2.25. The van der Waals surface area contributed by atoms with E-state index in [-0.39, 0.29) is 17.5 Å². The fraction of sp³-hybridized carbons (Fsp3) is 0.333. The third-order valence-electron chi connectivity index (χ3n) is 3.77. The number of pyridine rings is 1. The molecule has 0 radical (unpaired) electrons. The van der Waals surface area contributed by atoms with E-state index in [1.54, 1.807) is 24.5 Å². The standard InChI is InChI=1S/C15H16N4O2/c20-14(11-3-6-16-7-4-11)19-9-1-2-12(10-19)13-5-8-17-15(21)18-13/h3-8,12H,1-2,9-10H2,(H,17,18,21)/t12-/m1/s1. The summed E-state index contributed by atoms with van der Waals surface area (Å²) in [7, 11) is 0. The average molecular weight is 284 g/mol. The minimum Gasteiger partial charge on any atom is -0.338 e. The minimum atomic E-state index is -0.343. The molecule has 108 valence electrons. The molecule has 0 aromatic carbocycles. The van der Waals surface area contributed by atoms with Crippen molar-refractivity contribution >= 4 is 5.91 Å². The Morgan fingerprint density at radius 1 is 1.24 bits per heavy atom. The number of H-pyrrole nitrogens is 1. The van der Waals surface area contributed by atoms with Gasteiger partial charge in [-0.25, -0.2) is 9.78 Å². The number of nitrogens with zero attached hydrogens (tertiary/aromatic N) is 3. The van der Waals surface area contributed by atoms with Gasteiger partial charge in [0.25, 0.3) is 5.91 Å². The van der Waals surface area contributed by atoms with Crippen LogP contribution in [0.25, 0.3) is 0 Å². The van der Waals surface area contributed by atoms with Gasteiger partial charge >= 0.3 is 5.69 Å². The van der Waals surface area contributed by atoms with Crippen LogP contribution in [0.3, 0.4) is 0 Å². The lowest BCUT2D eigenvalue weighted by molar-refractivity contribution is 0.0705. The number of hydrogen-bond donors (Lipinski definition) is 1. The van der Waals surface area contributed by atoms with E-state index in [2.05, 4.69) is 15.0 Å². The average Bonchev–Trinajstić information content (AvgIpc) is 2.55. The molecule has 0 spiro atoms. The van der Waals surface area contributed by atoms with Gasteiger partial charge in [0.1, 0.15) is 0 Å². The summed E-state index contributed by atoms with van der Waals surface area (Å²) in [6.07, 6.45) is 6.63. The van der Waals surface area contributed by atoms with Crippen molar-refractivity contribution in [3.05, 3.63) is 58.5 Å². The maximum absolute atomic E-state index is 12.5. The molecule has 1 aliphatic heterocycles. The summed E-state index contributed by atoms with van der Waals surface area (Å²) in [6, 6.07) is 5.26. The molecule has 3 heterocycles. The Hall–Kier alpha value is -2.50. The Labute approximate surface area is 121 Å². The quantitative estimate of drug-likeness (QED) is 0.898. The van der Waals surface area contributed by atoms with Gasteiger partial charge in [0.05, 0.1) is 0 Å². The number of rotatable bonds is 2. The first kappa shape index (κ1) is 13.5. The van der Waals surface area contributed by atoms with Crippen molar-refractivity contribution in [1.29, 1.82) is 0 Å². The molecule has 1 atom stereocenters.